The predicted octanol–water partition coefficient (Wildman–Crippen LogP) is 2.95. The zero-order chi connectivity index (χ0) is 16.4. The molecule has 0 aromatic heterocycles. The summed E-state index contributed by atoms with van der Waals surface area (Å²) in [7, 11) is 0. The molecule has 0 radical (unpaired) electrons. The average molecular weight is 298 g/mol. The van der Waals surface area contributed by atoms with Crippen LogP contribution in [0.2, 0.25) is 0 Å². The van der Waals surface area contributed by atoms with Gasteiger partial charge >= 0.3 is 12.0 Å². The maximum atomic E-state index is 12.3. The quantitative estimate of drug-likeness (QED) is 0.759. The normalized spacial score (nSPS) is 19.4. The van der Waals surface area contributed by atoms with Gasteiger partial charge in [-0.15, -0.1) is 0 Å². The molecule has 5 nitrogen and oxygen atoms in total. The van der Waals surface area contributed by atoms with Crippen molar-refractivity contribution in [1.82, 2.24) is 10.2 Å². The SMILES string of the molecule is CC(C)N(CCCC(=O)O)C(=O)NCC1C(C)(C)C1(C)C. The molecule has 0 aliphatic heterocycles. The minimum absolute atomic E-state index is 0.0685. The first kappa shape index (κ1) is 17.8. The molecule has 5 heteroatoms. The van der Waals surface area contributed by atoms with Gasteiger partial charge < -0.3 is 15.3 Å². The van der Waals surface area contributed by atoms with E-state index in [1.807, 2.05) is 13.8 Å². The second kappa shape index (κ2) is 6.24. The van der Waals surface area contributed by atoms with E-state index in [-0.39, 0.29) is 29.3 Å². The average Bonchev–Trinajstić information content (AvgIpc) is 2.71. The predicted molar refractivity (Wildman–Crippen MR) is 83.2 cm³/mol. The number of hydrogen-bond acceptors (Lipinski definition) is 2. The van der Waals surface area contributed by atoms with Crippen molar-refractivity contribution in [2.75, 3.05) is 13.1 Å². The van der Waals surface area contributed by atoms with Gasteiger partial charge in [0.05, 0.1) is 0 Å². The van der Waals surface area contributed by atoms with Crippen LogP contribution in [0.4, 0.5) is 4.79 Å². The van der Waals surface area contributed by atoms with Crippen LogP contribution in [0.25, 0.3) is 0 Å². The number of hydrogen-bond donors (Lipinski definition) is 2. The summed E-state index contributed by atoms with van der Waals surface area (Å²) < 4.78 is 0. The summed E-state index contributed by atoms with van der Waals surface area (Å²) in [4.78, 5) is 24.6. The van der Waals surface area contributed by atoms with Crippen LogP contribution in [0.15, 0.2) is 0 Å². The number of urea groups is 1. The number of carbonyl (C=O) groups is 2. The Balaban J connectivity index is 2.45. The smallest absolute Gasteiger partial charge is 0.317 e. The van der Waals surface area contributed by atoms with E-state index in [1.165, 1.54) is 0 Å². The summed E-state index contributed by atoms with van der Waals surface area (Å²) in [6, 6.07) is -0.0205. The highest BCUT2D eigenvalue weighted by Crippen LogP contribution is 2.67. The third-order valence-corrected chi connectivity index (χ3v) is 5.45. The largest absolute Gasteiger partial charge is 0.481 e. The fourth-order valence-corrected chi connectivity index (χ4v) is 3.13. The Morgan fingerprint density at radius 1 is 1.19 bits per heavy atom. The van der Waals surface area contributed by atoms with E-state index in [4.69, 9.17) is 5.11 Å². The number of carbonyl (C=O) groups excluding carboxylic acids is 1. The van der Waals surface area contributed by atoms with Gasteiger partial charge in [0.1, 0.15) is 0 Å². The highest BCUT2D eigenvalue weighted by atomic mass is 16.4. The lowest BCUT2D eigenvalue weighted by molar-refractivity contribution is -0.137. The van der Waals surface area contributed by atoms with Gasteiger partial charge in [0.25, 0.3) is 0 Å². The van der Waals surface area contributed by atoms with Gasteiger partial charge in [0.15, 0.2) is 0 Å². The first-order chi connectivity index (χ1) is 9.51. The van der Waals surface area contributed by atoms with E-state index in [0.29, 0.717) is 25.4 Å². The number of amides is 2. The zero-order valence-corrected chi connectivity index (χ0v) is 14.2. The molecule has 2 amide bonds. The Labute approximate surface area is 128 Å². The third kappa shape index (κ3) is 3.89. The Bertz CT molecular complexity index is 388. The lowest BCUT2D eigenvalue weighted by Crippen LogP contribution is -2.45. The molecule has 1 fully saturated rings. The van der Waals surface area contributed by atoms with Crippen LogP contribution >= 0.6 is 0 Å². The van der Waals surface area contributed by atoms with Crippen molar-refractivity contribution in [3.63, 3.8) is 0 Å². The summed E-state index contributed by atoms with van der Waals surface area (Å²) in [5, 5.41) is 11.7. The van der Waals surface area contributed by atoms with E-state index in [0.717, 1.165) is 0 Å². The number of nitrogens with one attached hydrogen (secondary N) is 1. The first-order valence-corrected chi connectivity index (χ1v) is 7.78. The van der Waals surface area contributed by atoms with Crippen LogP contribution < -0.4 is 5.32 Å². The van der Waals surface area contributed by atoms with Crippen LogP contribution in [-0.4, -0.2) is 41.1 Å². The lowest BCUT2D eigenvalue weighted by Gasteiger charge is -2.27. The number of nitrogens with zero attached hydrogens (tertiary/aromatic N) is 1. The van der Waals surface area contributed by atoms with Crippen molar-refractivity contribution in [2.24, 2.45) is 16.7 Å². The van der Waals surface area contributed by atoms with Crippen molar-refractivity contribution < 1.29 is 14.7 Å². The standard InChI is InChI=1S/C16H30N2O3/c1-11(2)18(9-7-8-13(19)20)14(21)17-10-12-15(3,4)16(12,5)6/h11-12H,7-10H2,1-6H3,(H,17,21)(H,19,20). The molecular weight excluding hydrogens is 268 g/mol. The van der Waals surface area contributed by atoms with Gasteiger partial charge in [-0.05, 0) is 37.0 Å². The zero-order valence-electron chi connectivity index (χ0n) is 14.2. The highest BCUT2D eigenvalue weighted by molar-refractivity contribution is 5.74. The van der Waals surface area contributed by atoms with Crippen molar-refractivity contribution in [3.8, 4) is 0 Å². The van der Waals surface area contributed by atoms with Gasteiger partial charge in [-0.2, -0.15) is 0 Å². The maximum Gasteiger partial charge on any atom is 0.317 e. The minimum atomic E-state index is -0.819. The molecule has 1 aliphatic rings. The van der Waals surface area contributed by atoms with Crippen molar-refractivity contribution in [2.45, 2.75) is 60.4 Å². The topological polar surface area (TPSA) is 69.6 Å². The summed E-state index contributed by atoms with van der Waals surface area (Å²) in [5.74, 6) is -0.331. The molecule has 2 N–H and O–H groups in total. The molecule has 0 spiro atoms. The van der Waals surface area contributed by atoms with E-state index in [9.17, 15) is 9.59 Å². The monoisotopic (exact) mass is 298 g/mol. The number of carboxylic acid groups (broad SMARTS) is 1. The molecule has 0 atom stereocenters. The molecule has 1 rings (SSSR count). The number of carboxylic acids is 1. The minimum Gasteiger partial charge on any atom is -0.481 e. The molecule has 0 heterocycles. The fraction of sp³-hybridized carbons (Fsp3) is 0.875. The van der Waals surface area contributed by atoms with Gasteiger partial charge in [0.2, 0.25) is 0 Å². The summed E-state index contributed by atoms with van der Waals surface area (Å²) in [6.07, 6.45) is 0.584. The molecule has 21 heavy (non-hydrogen) atoms. The maximum absolute atomic E-state index is 12.3. The third-order valence-electron chi connectivity index (χ3n) is 5.45. The second-order valence-electron chi connectivity index (χ2n) is 7.47. The summed E-state index contributed by atoms with van der Waals surface area (Å²) in [5.41, 5.74) is 0.512. The highest BCUT2D eigenvalue weighted by Gasteiger charge is 2.64. The molecular formula is C16H30N2O3. The van der Waals surface area contributed by atoms with Gasteiger partial charge in [-0.3, -0.25) is 4.79 Å². The summed E-state index contributed by atoms with van der Waals surface area (Å²) >= 11 is 0. The lowest BCUT2D eigenvalue weighted by atomic mass is 10.0. The van der Waals surface area contributed by atoms with Crippen LogP contribution in [0, 0.1) is 16.7 Å². The Hall–Kier alpha value is -1.26. The molecule has 0 aromatic carbocycles. The van der Waals surface area contributed by atoms with E-state index >= 15 is 0 Å². The fourth-order valence-electron chi connectivity index (χ4n) is 3.13. The number of rotatable bonds is 7. The molecule has 1 aliphatic carbocycles. The van der Waals surface area contributed by atoms with Gasteiger partial charge in [0, 0.05) is 25.6 Å². The van der Waals surface area contributed by atoms with Crippen LogP contribution in [0.3, 0.4) is 0 Å². The Morgan fingerprint density at radius 2 is 1.71 bits per heavy atom. The van der Waals surface area contributed by atoms with Crippen molar-refractivity contribution in [3.05, 3.63) is 0 Å². The van der Waals surface area contributed by atoms with Crippen LogP contribution in [0.1, 0.15) is 54.4 Å². The number of aliphatic carboxylic acids is 1. The van der Waals surface area contributed by atoms with Crippen LogP contribution in [0.5, 0.6) is 0 Å². The second-order valence-corrected chi connectivity index (χ2v) is 7.47. The molecule has 0 bridgehead atoms. The molecule has 0 unspecified atom stereocenters. The van der Waals surface area contributed by atoms with E-state index in [1.54, 1.807) is 4.90 Å². The van der Waals surface area contributed by atoms with Gasteiger partial charge in [-0.1, -0.05) is 27.7 Å². The first-order valence-electron chi connectivity index (χ1n) is 7.78. The van der Waals surface area contributed by atoms with Crippen molar-refractivity contribution in [1.29, 1.82) is 0 Å². The Kier molecular flexibility index (Phi) is 5.29. The van der Waals surface area contributed by atoms with E-state index in [2.05, 4.69) is 33.0 Å². The van der Waals surface area contributed by atoms with E-state index < -0.39 is 5.97 Å². The van der Waals surface area contributed by atoms with Crippen LogP contribution in [-0.2, 0) is 4.79 Å². The molecule has 0 aromatic rings. The Morgan fingerprint density at radius 3 is 2.10 bits per heavy atom. The molecule has 122 valence electrons. The molecule has 0 saturated heterocycles. The molecule has 1 saturated carbocycles. The van der Waals surface area contributed by atoms with Crippen molar-refractivity contribution >= 4 is 12.0 Å². The summed E-state index contributed by atoms with van der Waals surface area (Å²) in [6.45, 7) is 14.0. The van der Waals surface area contributed by atoms with Gasteiger partial charge in [-0.25, -0.2) is 4.79 Å².